The Morgan fingerprint density at radius 3 is 2.54 bits per heavy atom. The number of rotatable bonds is 13. The maximum absolute atomic E-state index is 11.6. The largest absolute Gasteiger partial charge is 0.378 e. The summed E-state index contributed by atoms with van der Waals surface area (Å²) in [6.45, 7) is 11.1. The van der Waals surface area contributed by atoms with E-state index in [1.165, 1.54) is 12.4 Å². The van der Waals surface area contributed by atoms with Crippen molar-refractivity contribution in [2.45, 2.75) is 0 Å². The molecule has 0 atom stereocenters. The second-order valence-corrected chi connectivity index (χ2v) is 8.51. The predicted octanol–water partition coefficient (Wildman–Crippen LogP) is 0.630. The Labute approximate surface area is 227 Å². The van der Waals surface area contributed by atoms with Crippen molar-refractivity contribution in [3.63, 3.8) is 0 Å². The zero-order valence-corrected chi connectivity index (χ0v) is 22.4. The van der Waals surface area contributed by atoms with Crippen LogP contribution in [-0.2, 0) is 9.53 Å². The molecule has 2 aromatic heterocycles. The van der Waals surface area contributed by atoms with Crippen LogP contribution in [0.15, 0.2) is 39.1 Å². The average molecular weight is 539 g/mol. The Kier molecular flexibility index (Phi) is 10.9. The zero-order valence-electron chi connectivity index (χ0n) is 22.4. The predicted molar refractivity (Wildman–Crippen MR) is 152 cm³/mol. The van der Waals surface area contributed by atoms with Crippen LogP contribution in [-0.4, -0.2) is 123 Å². The SMILES string of the molecule is C=N/C=C(\C=N/CN(C)CCN(C)c1nc(-c2cnc(NC)nc2)nc(N2CCOCC2)c1N=C)C(=O)NO. The molecule has 15 heteroatoms. The van der Waals surface area contributed by atoms with E-state index in [-0.39, 0.29) is 5.57 Å². The summed E-state index contributed by atoms with van der Waals surface area (Å²) >= 11 is 0. The molecule has 3 rings (SSSR count). The Hall–Kier alpha value is -4.34. The van der Waals surface area contributed by atoms with Crippen LogP contribution in [0.2, 0.25) is 0 Å². The molecule has 1 amide bonds. The Morgan fingerprint density at radius 1 is 1.21 bits per heavy atom. The number of morpholine rings is 1. The second kappa shape index (κ2) is 14.6. The number of ether oxygens (including phenoxy) is 1. The summed E-state index contributed by atoms with van der Waals surface area (Å²) in [5.74, 6) is 1.55. The number of amides is 1. The first-order chi connectivity index (χ1) is 18.9. The van der Waals surface area contributed by atoms with Gasteiger partial charge in [-0.25, -0.2) is 25.4 Å². The van der Waals surface area contributed by atoms with Crippen molar-refractivity contribution in [1.82, 2.24) is 30.3 Å². The van der Waals surface area contributed by atoms with Crippen LogP contribution < -0.4 is 20.6 Å². The van der Waals surface area contributed by atoms with Gasteiger partial charge in [0.05, 0.1) is 31.0 Å². The molecule has 3 heterocycles. The summed E-state index contributed by atoms with van der Waals surface area (Å²) in [5, 5.41) is 11.7. The minimum absolute atomic E-state index is 0.0793. The van der Waals surface area contributed by atoms with Crippen LogP contribution >= 0.6 is 0 Å². The van der Waals surface area contributed by atoms with Crippen molar-refractivity contribution in [3.8, 4) is 11.4 Å². The molecule has 0 bridgehead atoms. The molecule has 2 aromatic rings. The molecule has 0 aliphatic carbocycles. The van der Waals surface area contributed by atoms with Gasteiger partial charge in [-0.15, -0.1) is 0 Å². The van der Waals surface area contributed by atoms with Gasteiger partial charge in [0, 0.05) is 65.1 Å². The molecule has 1 saturated heterocycles. The van der Waals surface area contributed by atoms with Gasteiger partial charge in [-0.3, -0.25) is 29.9 Å². The van der Waals surface area contributed by atoms with Crippen LogP contribution in [0.4, 0.5) is 23.3 Å². The van der Waals surface area contributed by atoms with Crippen molar-refractivity contribution in [2.75, 3.05) is 82.3 Å². The minimum atomic E-state index is -0.723. The fourth-order valence-corrected chi connectivity index (χ4v) is 3.63. The van der Waals surface area contributed by atoms with Crippen LogP contribution in [0.1, 0.15) is 0 Å². The Morgan fingerprint density at radius 2 is 1.92 bits per heavy atom. The van der Waals surface area contributed by atoms with Gasteiger partial charge in [-0.1, -0.05) is 0 Å². The third-order valence-corrected chi connectivity index (χ3v) is 5.78. The van der Waals surface area contributed by atoms with E-state index in [0.29, 0.717) is 80.7 Å². The number of nitrogens with zero attached hydrogens (tertiary/aromatic N) is 10. The van der Waals surface area contributed by atoms with E-state index < -0.39 is 5.91 Å². The first-order valence-electron chi connectivity index (χ1n) is 12.1. The van der Waals surface area contributed by atoms with E-state index in [1.54, 1.807) is 24.9 Å². The van der Waals surface area contributed by atoms with Gasteiger partial charge in [-0.05, 0) is 20.5 Å². The lowest BCUT2D eigenvalue weighted by Crippen LogP contribution is -2.37. The van der Waals surface area contributed by atoms with Gasteiger partial charge in [0.1, 0.15) is 5.69 Å². The summed E-state index contributed by atoms with van der Waals surface area (Å²) in [4.78, 5) is 48.1. The van der Waals surface area contributed by atoms with Gasteiger partial charge in [-0.2, -0.15) is 0 Å². The Bertz CT molecular complexity index is 1200. The van der Waals surface area contributed by atoms with Gasteiger partial charge < -0.3 is 19.9 Å². The smallest absolute Gasteiger partial charge is 0.277 e. The average Bonchev–Trinajstić information content (AvgIpc) is 2.98. The number of likely N-dealkylation sites (N-methyl/N-ethyl adjacent to an activating group) is 2. The van der Waals surface area contributed by atoms with Gasteiger partial charge >= 0.3 is 0 Å². The number of hydrogen-bond acceptors (Lipinski definition) is 14. The quantitative estimate of drug-likeness (QED) is 0.141. The second-order valence-electron chi connectivity index (χ2n) is 8.51. The number of anilines is 3. The molecule has 0 spiro atoms. The summed E-state index contributed by atoms with van der Waals surface area (Å²) < 4.78 is 5.53. The van der Waals surface area contributed by atoms with Crippen molar-refractivity contribution in [1.29, 1.82) is 0 Å². The van der Waals surface area contributed by atoms with E-state index in [9.17, 15) is 4.79 Å². The highest BCUT2D eigenvalue weighted by molar-refractivity contribution is 6.11. The van der Waals surface area contributed by atoms with Crippen molar-refractivity contribution in [3.05, 3.63) is 24.2 Å². The van der Waals surface area contributed by atoms with E-state index in [4.69, 9.17) is 19.9 Å². The van der Waals surface area contributed by atoms with Crippen LogP contribution in [0.5, 0.6) is 0 Å². The van der Waals surface area contributed by atoms with E-state index >= 15 is 0 Å². The number of hydrogen-bond donors (Lipinski definition) is 3. The maximum atomic E-state index is 11.6. The first-order valence-corrected chi connectivity index (χ1v) is 12.1. The number of hydroxylamine groups is 1. The van der Waals surface area contributed by atoms with Crippen molar-refractivity contribution < 1.29 is 14.7 Å². The molecule has 0 aromatic carbocycles. The highest BCUT2D eigenvalue weighted by atomic mass is 16.5. The van der Waals surface area contributed by atoms with Crippen LogP contribution in [0.3, 0.4) is 0 Å². The maximum Gasteiger partial charge on any atom is 0.277 e. The topological polar surface area (TPSA) is 169 Å². The highest BCUT2D eigenvalue weighted by Crippen LogP contribution is 2.37. The summed E-state index contributed by atoms with van der Waals surface area (Å²) in [7, 11) is 5.57. The number of carbonyl (C=O) groups excluding carboxylic acids is 1. The molecule has 0 radical (unpaired) electrons. The van der Waals surface area contributed by atoms with Crippen LogP contribution in [0, 0.1) is 0 Å². The summed E-state index contributed by atoms with van der Waals surface area (Å²) in [6, 6.07) is 0. The lowest BCUT2D eigenvalue weighted by atomic mass is 10.2. The standard InChI is InChI=1S/C24H34N12O3/c1-25-12-18(23(37)33-38)13-28-16-34(4)6-7-35(5)21-19(26-2)22(36-8-10-39-11-9-36)32-20(31-21)17-14-29-24(27-3)30-15-17/h12-15,38H,1-2,6-11,16H2,3-5H3,(H,33,37)(H,27,29,30)/b18-12+,28-13-. The molecule has 1 fully saturated rings. The monoisotopic (exact) mass is 538 g/mol. The molecule has 0 saturated carbocycles. The van der Waals surface area contributed by atoms with Crippen molar-refractivity contribution in [2.24, 2.45) is 15.0 Å². The number of nitrogens with one attached hydrogen (secondary N) is 2. The third kappa shape index (κ3) is 7.83. The van der Waals surface area contributed by atoms with Crippen LogP contribution in [0.25, 0.3) is 11.4 Å². The molecule has 0 unspecified atom stereocenters. The minimum Gasteiger partial charge on any atom is -0.378 e. The third-order valence-electron chi connectivity index (χ3n) is 5.78. The Balaban J connectivity index is 1.82. The van der Waals surface area contributed by atoms with Crippen molar-refractivity contribution >= 4 is 48.8 Å². The molecule has 39 heavy (non-hydrogen) atoms. The van der Waals surface area contributed by atoms with E-state index in [1.807, 2.05) is 23.9 Å². The molecule has 1 aliphatic heterocycles. The number of aromatic nitrogens is 4. The molecule has 3 N–H and O–H groups in total. The van der Waals surface area contributed by atoms with Gasteiger partial charge in [0.15, 0.2) is 17.5 Å². The van der Waals surface area contributed by atoms with E-state index in [0.717, 1.165) is 0 Å². The molecule has 15 nitrogen and oxygen atoms in total. The number of aliphatic imine (C=N–C) groups is 3. The highest BCUT2D eigenvalue weighted by Gasteiger charge is 2.23. The fraction of sp³-hybridized carbons (Fsp3) is 0.417. The molecule has 1 aliphatic rings. The first kappa shape index (κ1) is 29.2. The zero-order chi connectivity index (χ0) is 28.2. The molecular formula is C24H34N12O3. The summed E-state index contributed by atoms with van der Waals surface area (Å²) in [6.07, 6.45) is 5.89. The normalized spacial score (nSPS) is 14.0. The van der Waals surface area contributed by atoms with Gasteiger partial charge in [0.25, 0.3) is 5.91 Å². The number of carbonyl (C=O) groups is 1. The van der Waals surface area contributed by atoms with Gasteiger partial charge in [0.2, 0.25) is 5.95 Å². The lowest BCUT2D eigenvalue weighted by molar-refractivity contribution is -0.124. The fourth-order valence-electron chi connectivity index (χ4n) is 3.63. The summed E-state index contributed by atoms with van der Waals surface area (Å²) in [5.41, 5.74) is 2.89. The lowest BCUT2D eigenvalue weighted by Gasteiger charge is -2.31. The molecule has 208 valence electrons. The molecular weight excluding hydrogens is 504 g/mol. The van der Waals surface area contributed by atoms with E-state index in [2.05, 4.69) is 48.6 Å².